The monoisotopic (exact) mass is 446 g/mol. The van der Waals surface area contributed by atoms with Crippen molar-refractivity contribution < 1.29 is 26.8 Å². The van der Waals surface area contributed by atoms with Crippen LogP contribution in [0, 0.1) is 17.0 Å². The minimum Gasteiger partial charge on any atom is -0.379 e. The van der Waals surface area contributed by atoms with E-state index in [0.29, 0.717) is 36.7 Å². The quantitative estimate of drug-likeness (QED) is 0.226. The molecule has 0 saturated carbocycles. The van der Waals surface area contributed by atoms with Gasteiger partial charge in [0.1, 0.15) is 10.6 Å². The third kappa shape index (κ3) is 5.85. The van der Waals surface area contributed by atoms with Crippen LogP contribution in [0.25, 0.3) is 0 Å². The minimum absolute atomic E-state index is 0.0326. The Morgan fingerprint density at radius 2 is 1.97 bits per heavy atom. The number of aromatic nitrogens is 2. The molecule has 0 radical (unpaired) electrons. The molecular weight excluding hydrogens is 428 g/mol. The second-order valence-electron chi connectivity index (χ2n) is 6.41. The van der Waals surface area contributed by atoms with E-state index in [9.17, 15) is 23.3 Å². The summed E-state index contributed by atoms with van der Waals surface area (Å²) < 4.78 is 34.7. The normalized spacial score (nSPS) is 11.1. The van der Waals surface area contributed by atoms with E-state index < -0.39 is 15.0 Å². The van der Waals surface area contributed by atoms with Crippen molar-refractivity contribution in [3.05, 3.63) is 75.9 Å². The van der Waals surface area contributed by atoms with Crippen molar-refractivity contribution in [2.24, 2.45) is 0 Å². The third-order valence-electron chi connectivity index (χ3n) is 4.06. The fourth-order valence-corrected chi connectivity index (χ4v) is 3.55. The van der Waals surface area contributed by atoms with Gasteiger partial charge < -0.3 is 14.0 Å². The van der Waals surface area contributed by atoms with Gasteiger partial charge in [-0.1, -0.05) is 11.2 Å². The Bertz CT molecular complexity index is 1190. The molecule has 0 aliphatic heterocycles. The molecule has 0 fully saturated rings. The molecule has 0 saturated heterocycles. The van der Waals surface area contributed by atoms with Gasteiger partial charge in [-0.15, -0.1) is 0 Å². The first kappa shape index (κ1) is 21.9. The molecule has 1 aromatic heterocycles. The molecule has 0 aliphatic carbocycles. The second kappa shape index (κ2) is 9.34. The van der Waals surface area contributed by atoms with E-state index in [4.69, 9.17) is 8.71 Å². The highest BCUT2D eigenvalue weighted by atomic mass is 32.2. The highest BCUT2D eigenvalue weighted by Crippen LogP contribution is 2.22. The van der Waals surface area contributed by atoms with Crippen LogP contribution in [0.3, 0.4) is 0 Å². The number of nitro benzene ring substituents is 1. The van der Waals surface area contributed by atoms with Crippen LogP contribution in [0.2, 0.25) is 0 Å². The Hall–Kier alpha value is -3.80. The Balaban J connectivity index is 1.56. The summed E-state index contributed by atoms with van der Waals surface area (Å²) in [5.41, 5.74) is -0.0559. The molecule has 1 N–H and O–H groups in total. The van der Waals surface area contributed by atoms with Crippen LogP contribution >= 0.6 is 0 Å². The largest absolute Gasteiger partial charge is 0.379 e. The number of nitrogens with one attached hydrogen (secondary N) is 1. The lowest BCUT2D eigenvalue weighted by Crippen LogP contribution is -2.24. The van der Waals surface area contributed by atoms with Gasteiger partial charge in [0, 0.05) is 30.7 Å². The average molecular weight is 446 g/mol. The highest BCUT2D eigenvalue weighted by molar-refractivity contribution is 7.87. The molecule has 3 rings (SSSR count). The SMILES string of the molecule is Cc1noc(CCCNC(=O)c2ccc(OS(=O)(=O)c3cccc([N+](=O)[O-])c3)cc2)n1. The number of carbonyl (C=O) groups is 1. The summed E-state index contributed by atoms with van der Waals surface area (Å²) in [6.45, 7) is 2.11. The van der Waals surface area contributed by atoms with Gasteiger partial charge in [0.05, 0.1) is 4.92 Å². The molecule has 11 nitrogen and oxygen atoms in total. The molecule has 12 heteroatoms. The number of hydrogen-bond donors (Lipinski definition) is 1. The number of rotatable bonds is 9. The minimum atomic E-state index is -4.27. The van der Waals surface area contributed by atoms with Crippen molar-refractivity contribution in [1.82, 2.24) is 15.5 Å². The van der Waals surface area contributed by atoms with Gasteiger partial charge in [0.25, 0.3) is 11.6 Å². The molecule has 0 atom stereocenters. The van der Waals surface area contributed by atoms with Crippen molar-refractivity contribution in [3.63, 3.8) is 0 Å². The van der Waals surface area contributed by atoms with E-state index in [1.807, 2.05) is 0 Å². The van der Waals surface area contributed by atoms with Crippen LogP contribution < -0.4 is 9.50 Å². The zero-order valence-corrected chi connectivity index (χ0v) is 17.2. The summed E-state index contributed by atoms with van der Waals surface area (Å²) in [6.07, 6.45) is 1.14. The van der Waals surface area contributed by atoms with Crippen LogP contribution in [0.5, 0.6) is 5.75 Å². The van der Waals surface area contributed by atoms with Gasteiger partial charge >= 0.3 is 10.1 Å². The molecule has 1 heterocycles. The summed E-state index contributed by atoms with van der Waals surface area (Å²) in [5, 5.41) is 17.2. The van der Waals surface area contributed by atoms with Gasteiger partial charge in [0.2, 0.25) is 5.89 Å². The summed E-state index contributed by atoms with van der Waals surface area (Å²) in [6, 6.07) is 10.0. The lowest BCUT2D eigenvalue weighted by Gasteiger charge is -2.08. The van der Waals surface area contributed by atoms with E-state index >= 15 is 0 Å². The summed E-state index contributed by atoms with van der Waals surface area (Å²) >= 11 is 0. The number of amides is 1. The standard InChI is InChI=1S/C19H18N4O7S/c1-13-21-18(29-22-13)6-3-11-20-19(24)14-7-9-16(10-8-14)30-31(27,28)17-5-2-4-15(12-17)23(25)26/h2,4-5,7-10,12H,3,6,11H2,1H3,(H,20,24). The highest BCUT2D eigenvalue weighted by Gasteiger charge is 2.20. The van der Waals surface area contributed by atoms with E-state index in [1.54, 1.807) is 6.92 Å². The topological polar surface area (TPSA) is 155 Å². The van der Waals surface area contributed by atoms with Crippen molar-refractivity contribution in [2.45, 2.75) is 24.7 Å². The van der Waals surface area contributed by atoms with Crippen LogP contribution in [0.15, 0.2) is 57.9 Å². The lowest BCUT2D eigenvalue weighted by molar-refractivity contribution is -0.385. The number of non-ortho nitro benzene ring substituents is 1. The molecular formula is C19H18N4O7S. The third-order valence-corrected chi connectivity index (χ3v) is 5.31. The maximum atomic E-state index is 12.3. The van der Waals surface area contributed by atoms with Gasteiger partial charge in [-0.05, 0) is 43.7 Å². The van der Waals surface area contributed by atoms with Crippen molar-refractivity contribution in [3.8, 4) is 5.75 Å². The fourth-order valence-electron chi connectivity index (χ4n) is 2.57. The Morgan fingerprint density at radius 3 is 2.61 bits per heavy atom. The Morgan fingerprint density at radius 1 is 1.23 bits per heavy atom. The maximum Gasteiger partial charge on any atom is 0.339 e. The lowest BCUT2D eigenvalue weighted by atomic mass is 10.2. The number of hydrogen-bond acceptors (Lipinski definition) is 9. The molecule has 3 aromatic rings. The van der Waals surface area contributed by atoms with Gasteiger partial charge in [0.15, 0.2) is 5.82 Å². The van der Waals surface area contributed by atoms with Gasteiger partial charge in [-0.2, -0.15) is 13.4 Å². The van der Waals surface area contributed by atoms with Crippen molar-refractivity contribution in [1.29, 1.82) is 0 Å². The molecule has 0 unspecified atom stereocenters. The van der Waals surface area contributed by atoms with Crippen LogP contribution in [0.1, 0.15) is 28.5 Å². The van der Waals surface area contributed by atoms with Crippen molar-refractivity contribution >= 4 is 21.7 Å². The van der Waals surface area contributed by atoms with Gasteiger partial charge in [-0.25, -0.2) is 0 Å². The van der Waals surface area contributed by atoms with E-state index in [0.717, 1.165) is 6.07 Å². The summed E-state index contributed by atoms with van der Waals surface area (Å²) in [4.78, 5) is 26.0. The van der Waals surface area contributed by atoms with E-state index in [1.165, 1.54) is 42.5 Å². The predicted molar refractivity (Wildman–Crippen MR) is 107 cm³/mol. The molecule has 0 spiro atoms. The van der Waals surface area contributed by atoms with E-state index in [-0.39, 0.29) is 22.2 Å². The first-order chi connectivity index (χ1) is 14.7. The zero-order valence-electron chi connectivity index (χ0n) is 16.3. The zero-order chi connectivity index (χ0) is 22.4. The van der Waals surface area contributed by atoms with Crippen molar-refractivity contribution in [2.75, 3.05) is 6.54 Å². The number of carbonyl (C=O) groups excluding carboxylic acids is 1. The van der Waals surface area contributed by atoms with E-state index in [2.05, 4.69) is 15.5 Å². The molecule has 0 aliphatic rings. The molecule has 31 heavy (non-hydrogen) atoms. The number of benzene rings is 2. The Labute approximate surface area is 177 Å². The van der Waals surface area contributed by atoms with Crippen LogP contribution in [-0.2, 0) is 16.5 Å². The van der Waals surface area contributed by atoms with Crippen LogP contribution in [0.4, 0.5) is 5.69 Å². The van der Waals surface area contributed by atoms with Gasteiger partial charge in [-0.3, -0.25) is 14.9 Å². The molecule has 1 amide bonds. The molecule has 2 aromatic carbocycles. The number of aryl methyl sites for hydroxylation is 2. The Kier molecular flexibility index (Phi) is 6.60. The molecule has 0 bridgehead atoms. The number of nitro groups is 1. The van der Waals surface area contributed by atoms with Crippen LogP contribution in [-0.4, -0.2) is 35.9 Å². The summed E-state index contributed by atoms with van der Waals surface area (Å²) in [5.74, 6) is 0.677. The summed E-state index contributed by atoms with van der Waals surface area (Å²) in [7, 11) is -4.27. The predicted octanol–water partition coefficient (Wildman–Crippen LogP) is 2.42. The maximum absolute atomic E-state index is 12.3. The first-order valence-electron chi connectivity index (χ1n) is 9.11. The fraction of sp³-hybridized carbons (Fsp3) is 0.211. The second-order valence-corrected chi connectivity index (χ2v) is 7.96. The first-order valence-corrected chi connectivity index (χ1v) is 10.5. The number of nitrogens with zero attached hydrogens (tertiary/aromatic N) is 3. The smallest absolute Gasteiger partial charge is 0.339 e. The molecule has 162 valence electrons. The average Bonchev–Trinajstić information content (AvgIpc) is 3.16.